The summed E-state index contributed by atoms with van der Waals surface area (Å²) >= 11 is 5.73. The molecule has 9 nitrogen and oxygen atoms in total. The molecule has 0 radical (unpaired) electrons. The fourth-order valence-electron chi connectivity index (χ4n) is 2.86. The summed E-state index contributed by atoms with van der Waals surface area (Å²) < 4.78 is 26.7. The average molecular weight is 392 g/mol. The Kier molecular flexibility index (Phi) is 5.99. The van der Waals surface area contributed by atoms with Crippen LogP contribution in [0.2, 0.25) is 5.02 Å². The summed E-state index contributed by atoms with van der Waals surface area (Å²) in [6, 6.07) is 3.40. The summed E-state index contributed by atoms with van der Waals surface area (Å²) in [6.07, 6.45) is 0.898. The van der Waals surface area contributed by atoms with Gasteiger partial charge >= 0.3 is 5.97 Å². The van der Waals surface area contributed by atoms with Crippen LogP contribution in [0.25, 0.3) is 0 Å². The summed E-state index contributed by atoms with van der Waals surface area (Å²) in [7, 11) is -2.35. The van der Waals surface area contributed by atoms with Gasteiger partial charge in [-0.25, -0.2) is 8.42 Å². The number of carboxylic acids is 1. The van der Waals surface area contributed by atoms with Gasteiger partial charge in [0.15, 0.2) is 4.90 Å². The molecule has 1 saturated heterocycles. The fourth-order valence-corrected chi connectivity index (χ4v) is 4.63. The number of hydrogen-bond donors (Lipinski definition) is 1. The first kappa shape index (κ1) is 19.6. The van der Waals surface area contributed by atoms with Crippen LogP contribution in [0.15, 0.2) is 23.1 Å². The van der Waals surface area contributed by atoms with E-state index in [1.807, 2.05) is 0 Å². The van der Waals surface area contributed by atoms with Crippen LogP contribution in [-0.2, 0) is 14.8 Å². The summed E-state index contributed by atoms with van der Waals surface area (Å²) in [5.41, 5.74) is -0.558. The van der Waals surface area contributed by atoms with Crippen molar-refractivity contribution >= 4 is 33.3 Å². The highest BCUT2D eigenvalue weighted by atomic mass is 35.5. The second-order valence-electron chi connectivity index (χ2n) is 5.81. The number of nitro groups is 1. The molecule has 0 saturated carbocycles. The number of piperidine rings is 1. The Hall–Kier alpha value is -1.75. The average Bonchev–Trinajstić information content (AvgIpc) is 2.54. The topological polar surface area (TPSA) is 121 Å². The molecule has 11 heteroatoms. The molecule has 0 bridgehead atoms. The fraction of sp³-hybridized carbons (Fsp3) is 0.500. The predicted molar refractivity (Wildman–Crippen MR) is 90.2 cm³/mol. The maximum absolute atomic E-state index is 12.7. The van der Waals surface area contributed by atoms with Crippen molar-refractivity contribution in [2.75, 3.05) is 26.7 Å². The number of nitrogens with zero attached hydrogens (tertiary/aromatic N) is 3. The van der Waals surface area contributed by atoms with Crippen molar-refractivity contribution in [2.45, 2.75) is 23.8 Å². The third-order valence-corrected chi connectivity index (χ3v) is 6.35. The van der Waals surface area contributed by atoms with Crippen molar-refractivity contribution in [3.8, 4) is 0 Å². The van der Waals surface area contributed by atoms with Gasteiger partial charge in [0.1, 0.15) is 0 Å². The molecule has 1 aromatic carbocycles. The van der Waals surface area contributed by atoms with Crippen molar-refractivity contribution in [1.29, 1.82) is 0 Å². The van der Waals surface area contributed by atoms with E-state index in [1.165, 1.54) is 10.4 Å². The lowest BCUT2D eigenvalue weighted by Crippen LogP contribution is -2.46. The summed E-state index contributed by atoms with van der Waals surface area (Å²) in [4.78, 5) is 22.4. The van der Waals surface area contributed by atoms with Gasteiger partial charge in [0, 0.05) is 30.2 Å². The van der Waals surface area contributed by atoms with E-state index in [2.05, 4.69) is 0 Å². The summed E-state index contributed by atoms with van der Waals surface area (Å²) in [5, 5.41) is 20.1. The number of benzene rings is 1. The molecule has 0 aliphatic carbocycles. The van der Waals surface area contributed by atoms with E-state index in [-0.39, 0.29) is 35.6 Å². The molecule has 1 aliphatic rings. The van der Waals surface area contributed by atoms with Gasteiger partial charge in [0.25, 0.3) is 5.69 Å². The molecule has 25 heavy (non-hydrogen) atoms. The molecular weight excluding hydrogens is 374 g/mol. The number of halogens is 1. The third-order valence-electron chi connectivity index (χ3n) is 4.17. The van der Waals surface area contributed by atoms with Gasteiger partial charge in [-0.2, -0.15) is 4.31 Å². The van der Waals surface area contributed by atoms with Gasteiger partial charge in [0.2, 0.25) is 10.0 Å². The minimum atomic E-state index is -4.03. The normalized spacial score (nSPS) is 16.9. The van der Waals surface area contributed by atoms with Crippen molar-refractivity contribution < 1.29 is 23.2 Å². The monoisotopic (exact) mass is 391 g/mol. The van der Waals surface area contributed by atoms with Gasteiger partial charge in [-0.3, -0.25) is 19.8 Å². The van der Waals surface area contributed by atoms with Crippen molar-refractivity contribution in [3.05, 3.63) is 33.3 Å². The Balaban J connectivity index is 2.18. The molecule has 1 heterocycles. The molecule has 0 unspecified atom stereocenters. The summed E-state index contributed by atoms with van der Waals surface area (Å²) in [5.74, 6) is -0.950. The first-order valence-corrected chi connectivity index (χ1v) is 9.31. The Morgan fingerprint density at radius 3 is 2.56 bits per heavy atom. The Morgan fingerprint density at radius 2 is 2.04 bits per heavy atom. The van der Waals surface area contributed by atoms with Crippen LogP contribution in [0, 0.1) is 10.1 Å². The van der Waals surface area contributed by atoms with E-state index >= 15 is 0 Å². The maximum Gasteiger partial charge on any atom is 0.317 e. The zero-order valence-corrected chi connectivity index (χ0v) is 15.0. The summed E-state index contributed by atoms with van der Waals surface area (Å²) in [6.45, 7) is 0.202. The first-order chi connectivity index (χ1) is 11.6. The van der Waals surface area contributed by atoms with E-state index in [4.69, 9.17) is 16.7 Å². The number of nitro benzene ring substituents is 1. The van der Waals surface area contributed by atoms with Crippen LogP contribution in [0.3, 0.4) is 0 Å². The maximum atomic E-state index is 12.7. The first-order valence-electron chi connectivity index (χ1n) is 7.49. The highest BCUT2D eigenvalue weighted by molar-refractivity contribution is 7.89. The largest absolute Gasteiger partial charge is 0.480 e. The van der Waals surface area contributed by atoms with Crippen molar-refractivity contribution in [3.63, 3.8) is 0 Å². The third kappa shape index (κ3) is 4.46. The number of sulfonamides is 1. The van der Waals surface area contributed by atoms with Crippen LogP contribution in [0.1, 0.15) is 12.8 Å². The zero-order chi connectivity index (χ0) is 18.8. The van der Waals surface area contributed by atoms with Crippen LogP contribution in [0.5, 0.6) is 0 Å². The van der Waals surface area contributed by atoms with Crippen LogP contribution >= 0.6 is 11.6 Å². The number of carboxylic acid groups (broad SMARTS) is 1. The Labute approximate surface area is 150 Å². The molecule has 0 aromatic heterocycles. The van der Waals surface area contributed by atoms with E-state index < -0.39 is 26.6 Å². The quantitative estimate of drug-likeness (QED) is 0.574. The molecule has 0 atom stereocenters. The predicted octanol–water partition coefficient (Wildman–Crippen LogP) is 1.42. The highest BCUT2D eigenvalue weighted by Crippen LogP contribution is 2.31. The zero-order valence-electron chi connectivity index (χ0n) is 13.5. The van der Waals surface area contributed by atoms with Gasteiger partial charge in [0.05, 0.1) is 11.5 Å². The molecule has 2 rings (SSSR count). The number of carbonyl (C=O) groups is 1. The molecule has 1 aromatic rings. The van der Waals surface area contributed by atoms with E-state index in [1.54, 1.807) is 11.9 Å². The smallest absolute Gasteiger partial charge is 0.317 e. The highest BCUT2D eigenvalue weighted by Gasteiger charge is 2.35. The molecule has 0 spiro atoms. The van der Waals surface area contributed by atoms with E-state index in [9.17, 15) is 23.3 Å². The minimum Gasteiger partial charge on any atom is -0.480 e. The lowest BCUT2D eigenvalue weighted by molar-refractivity contribution is -0.387. The molecular formula is C14H18ClN3O6S. The van der Waals surface area contributed by atoms with E-state index in [0.717, 1.165) is 12.1 Å². The standard InChI is InChI=1S/C14H18ClN3O6S/c1-16(9-14(19)20)11-4-6-17(7-5-11)25(23,24)13-3-2-10(15)8-12(13)18(21)22/h2-3,8,11H,4-7,9H2,1H3,(H,19,20). The van der Waals surface area contributed by atoms with Crippen molar-refractivity contribution in [1.82, 2.24) is 9.21 Å². The molecule has 138 valence electrons. The number of likely N-dealkylation sites (N-methyl/N-ethyl adjacent to an activating group) is 1. The lowest BCUT2D eigenvalue weighted by atomic mass is 10.1. The Bertz CT molecular complexity index is 777. The molecule has 1 fully saturated rings. The van der Waals surface area contributed by atoms with E-state index in [0.29, 0.717) is 12.8 Å². The number of rotatable bonds is 6. The molecule has 0 amide bonds. The van der Waals surface area contributed by atoms with Gasteiger partial charge in [-0.05, 0) is 32.0 Å². The van der Waals surface area contributed by atoms with Crippen LogP contribution in [-0.4, -0.2) is 66.3 Å². The van der Waals surface area contributed by atoms with Gasteiger partial charge in [-0.15, -0.1) is 0 Å². The van der Waals surface area contributed by atoms with Gasteiger partial charge in [-0.1, -0.05) is 11.6 Å². The number of hydrogen-bond acceptors (Lipinski definition) is 6. The van der Waals surface area contributed by atoms with Crippen molar-refractivity contribution in [2.24, 2.45) is 0 Å². The second-order valence-corrected chi connectivity index (χ2v) is 8.16. The minimum absolute atomic E-state index is 0.0530. The van der Waals surface area contributed by atoms with Gasteiger partial charge < -0.3 is 5.11 Å². The molecule has 1 N–H and O–H groups in total. The lowest BCUT2D eigenvalue weighted by Gasteiger charge is -2.35. The van der Waals surface area contributed by atoms with Crippen LogP contribution in [0.4, 0.5) is 5.69 Å². The Morgan fingerprint density at radius 1 is 1.44 bits per heavy atom. The SMILES string of the molecule is CN(CC(=O)O)C1CCN(S(=O)(=O)c2ccc(Cl)cc2[N+](=O)[O-])CC1. The second kappa shape index (κ2) is 7.65. The molecule has 1 aliphatic heterocycles. The number of aliphatic carboxylic acids is 1. The van der Waals surface area contributed by atoms with Crippen LogP contribution < -0.4 is 0 Å².